The summed E-state index contributed by atoms with van der Waals surface area (Å²) in [6.07, 6.45) is 3.62. The summed E-state index contributed by atoms with van der Waals surface area (Å²) in [7, 11) is -2.21. The summed E-state index contributed by atoms with van der Waals surface area (Å²) in [5.74, 6) is -0.530. The summed E-state index contributed by atoms with van der Waals surface area (Å²) < 4.78 is 37.5. The maximum Gasteiger partial charge on any atom is 0.306 e. The van der Waals surface area contributed by atoms with Gasteiger partial charge in [-0.15, -0.1) is 0 Å². The number of hydrogen-bond acceptors (Lipinski definition) is 6. The van der Waals surface area contributed by atoms with Crippen molar-refractivity contribution in [2.24, 2.45) is 0 Å². The van der Waals surface area contributed by atoms with Gasteiger partial charge in [0.1, 0.15) is 5.75 Å². The number of benzene rings is 1. The van der Waals surface area contributed by atoms with Crippen LogP contribution in [0.25, 0.3) is 0 Å². The van der Waals surface area contributed by atoms with Crippen LogP contribution in [0.4, 0.5) is 5.69 Å². The highest BCUT2D eigenvalue weighted by Crippen LogP contribution is 2.30. The Hall–Kier alpha value is -2.13. The molecule has 1 N–H and O–H groups in total. The highest BCUT2D eigenvalue weighted by atomic mass is 32.2. The molecule has 28 heavy (non-hydrogen) atoms. The number of anilines is 1. The molecular formula is C19H28N2O6S. The van der Waals surface area contributed by atoms with Crippen LogP contribution in [0.1, 0.15) is 45.4 Å². The summed E-state index contributed by atoms with van der Waals surface area (Å²) in [4.78, 5) is 23.7. The van der Waals surface area contributed by atoms with Crippen molar-refractivity contribution in [3.8, 4) is 5.75 Å². The first kappa shape index (κ1) is 22.2. The van der Waals surface area contributed by atoms with Crippen LogP contribution in [0, 0.1) is 0 Å². The zero-order valence-electron chi connectivity index (χ0n) is 16.4. The molecule has 2 rings (SSSR count). The van der Waals surface area contributed by atoms with E-state index in [9.17, 15) is 18.0 Å². The van der Waals surface area contributed by atoms with E-state index in [2.05, 4.69) is 5.32 Å². The van der Waals surface area contributed by atoms with Crippen LogP contribution in [-0.2, 0) is 24.3 Å². The molecule has 0 aliphatic carbocycles. The molecule has 0 aromatic heterocycles. The summed E-state index contributed by atoms with van der Waals surface area (Å²) in [6.45, 7) is 2.94. The van der Waals surface area contributed by atoms with Crippen molar-refractivity contribution < 1.29 is 27.5 Å². The number of carbonyl (C=O) groups is 2. The van der Waals surface area contributed by atoms with Crippen molar-refractivity contribution in [1.82, 2.24) is 4.31 Å². The van der Waals surface area contributed by atoms with Gasteiger partial charge in [0, 0.05) is 19.5 Å². The van der Waals surface area contributed by atoms with Crippen molar-refractivity contribution in [2.45, 2.75) is 50.3 Å². The van der Waals surface area contributed by atoms with E-state index in [-0.39, 0.29) is 30.0 Å². The van der Waals surface area contributed by atoms with E-state index in [1.54, 1.807) is 6.92 Å². The molecule has 0 saturated carbocycles. The molecule has 0 unspecified atom stereocenters. The van der Waals surface area contributed by atoms with Crippen molar-refractivity contribution in [2.75, 3.05) is 32.1 Å². The minimum atomic E-state index is -3.65. The van der Waals surface area contributed by atoms with Crippen molar-refractivity contribution in [3.05, 3.63) is 18.2 Å². The second-order valence-electron chi connectivity index (χ2n) is 6.53. The van der Waals surface area contributed by atoms with Gasteiger partial charge in [-0.3, -0.25) is 9.59 Å². The Morgan fingerprint density at radius 1 is 1.11 bits per heavy atom. The number of rotatable bonds is 8. The lowest BCUT2D eigenvalue weighted by atomic mass is 10.2. The number of hydrogen-bond donors (Lipinski definition) is 1. The molecule has 8 nitrogen and oxygen atoms in total. The number of methoxy groups -OCH3 is 1. The van der Waals surface area contributed by atoms with Gasteiger partial charge in [-0.25, -0.2) is 8.42 Å². The molecule has 156 valence electrons. The van der Waals surface area contributed by atoms with Gasteiger partial charge in [0.25, 0.3) is 0 Å². The third-order valence-electron chi connectivity index (χ3n) is 4.51. The molecule has 1 aliphatic rings. The maximum absolute atomic E-state index is 13.0. The molecule has 0 bridgehead atoms. The van der Waals surface area contributed by atoms with Crippen LogP contribution in [0.5, 0.6) is 5.75 Å². The molecule has 0 radical (unpaired) electrons. The van der Waals surface area contributed by atoms with E-state index in [1.165, 1.54) is 29.6 Å². The van der Waals surface area contributed by atoms with E-state index >= 15 is 0 Å². The monoisotopic (exact) mass is 412 g/mol. The van der Waals surface area contributed by atoms with Crippen molar-refractivity contribution in [1.29, 1.82) is 0 Å². The first-order valence-electron chi connectivity index (χ1n) is 9.52. The smallest absolute Gasteiger partial charge is 0.306 e. The number of sulfonamides is 1. The quantitative estimate of drug-likeness (QED) is 0.659. The minimum Gasteiger partial charge on any atom is -0.495 e. The fourth-order valence-electron chi connectivity index (χ4n) is 3.04. The lowest BCUT2D eigenvalue weighted by Crippen LogP contribution is -2.32. The number of nitrogens with zero attached hydrogens (tertiary/aromatic N) is 1. The van der Waals surface area contributed by atoms with E-state index in [1.807, 2.05) is 0 Å². The molecule has 9 heteroatoms. The Kier molecular flexibility index (Phi) is 8.25. The normalized spacial score (nSPS) is 15.5. The Labute approximate surface area is 166 Å². The maximum atomic E-state index is 13.0. The largest absolute Gasteiger partial charge is 0.495 e. The molecule has 0 spiro atoms. The van der Waals surface area contributed by atoms with Crippen molar-refractivity contribution >= 4 is 27.6 Å². The second-order valence-corrected chi connectivity index (χ2v) is 8.47. The third kappa shape index (κ3) is 5.93. The average Bonchev–Trinajstić information content (AvgIpc) is 2.96. The number of nitrogens with one attached hydrogen (secondary N) is 1. The zero-order chi connectivity index (χ0) is 20.6. The Morgan fingerprint density at radius 2 is 1.79 bits per heavy atom. The van der Waals surface area contributed by atoms with Crippen LogP contribution < -0.4 is 10.1 Å². The van der Waals surface area contributed by atoms with Crippen LogP contribution in [-0.4, -0.2) is 51.4 Å². The van der Waals surface area contributed by atoms with E-state index in [0.29, 0.717) is 18.8 Å². The number of carbonyl (C=O) groups excluding carboxylic acids is 2. The zero-order valence-corrected chi connectivity index (χ0v) is 17.2. The molecule has 0 atom stereocenters. The number of amides is 1. The SMILES string of the molecule is CCOC(=O)CCC(=O)Nc1cc(S(=O)(=O)N2CCCCCC2)ccc1OC. The van der Waals surface area contributed by atoms with E-state index in [4.69, 9.17) is 9.47 Å². The Balaban J connectivity index is 2.16. The van der Waals surface area contributed by atoms with Gasteiger partial charge < -0.3 is 14.8 Å². The fraction of sp³-hybridized carbons (Fsp3) is 0.579. The first-order chi connectivity index (χ1) is 13.4. The molecular weight excluding hydrogens is 384 g/mol. The van der Waals surface area contributed by atoms with Gasteiger partial charge in [0.2, 0.25) is 15.9 Å². The van der Waals surface area contributed by atoms with Crippen LogP contribution in [0.3, 0.4) is 0 Å². The fourth-order valence-corrected chi connectivity index (χ4v) is 4.58. The number of ether oxygens (including phenoxy) is 2. The second kappa shape index (κ2) is 10.4. The highest BCUT2D eigenvalue weighted by molar-refractivity contribution is 7.89. The lowest BCUT2D eigenvalue weighted by Gasteiger charge is -2.21. The molecule has 1 aromatic rings. The minimum absolute atomic E-state index is 0.0479. The van der Waals surface area contributed by atoms with Crippen LogP contribution >= 0.6 is 0 Å². The predicted molar refractivity (Wildman–Crippen MR) is 105 cm³/mol. The summed E-state index contributed by atoms with van der Waals surface area (Å²) in [5, 5.41) is 2.63. The van der Waals surface area contributed by atoms with E-state index in [0.717, 1.165) is 25.7 Å². The predicted octanol–water partition coefficient (Wildman–Crippen LogP) is 2.54. The first-order valence-corrected chi connectivity index (χ1v) is 11.0. The van der Waals surface area contributed by atoms with Crippen molar-refractivity contribution in [3.63, 3.8) is 0 Å². The van der Waals surface area contributed by atoms with Crippen LogP contribution in [0.2, 0.25) is 0 Å². The third-order valence-corrected chi connectivity index (χ3v) is 6.40. The Morgan fingerprint density at radius 3 is 2.39 bits per heavy atom. The van der Waals surface area contributed by atoms with Gasteiger partial charge in [0.15, 0.2) is 0 Å². The van der Waals surface area contributed by atoms with Gasteiger partial charge >= 0.3 is 5.97 Å². The van der Waals surface area contributed by atoms with E-state index < -0.39 is 21.9 Å². The standard InChI is InChI=1S/C19H28N2O6S/c1-3-27-19(23)11-10-18(22)20-16-14-15(8-9-17(16)26-2)28(24,25)21-12-6-4-5-7-13-21/h8-9,14H,3-7,10-13H2,1-2H3,(H,20,22). The molecule has 1 fully saturated rings. The van der Waals surface area contributed by atoms with Crippen LogP contribution in [0.15, 0.2) is 23.1 Å². The molecule has 1 saturated heterocycles. The van der Waals surface area contributed by atoms with Gasteiger partial charge in [0.05, 0.1) is 30.7 Å². The highest BCUT2D eigenvalue weighted by Gasteiger charge is 2.26. The molecule has 1 aliphatic heterocycles. The molecule has 1 aromatic carbocycles. The van der Waals surface area contributed by atoms with Gasteiger partial charge in [-0.1, -0.05) is 12.8 Å². The average molecular weight is 413 g/mol. The summed E-state index contributed by atoms with van der Waals surface area (Å²) in [5.41, 5.74) is 0.257. The lowest BCUT2D eigenvalue weighted by molar-refractivity contribution is -0.144. The Bertz CT molecular complexity index is 786. The summed E-state index contributed by atoms with van der Waals surface area (Å²) in [6, 6.07) is 4.40. The number of esters is 1. The topological polar surface area (TPSA) is 102 Å². The summed E-state index contributed by atoms with van der Waals surface area (Å²) >= 11 is 0. The van der Waals surface area contributed by atoms with Gasteiger partial charge in [-0.05, 0) is 38.0 Å². The van der Waals surface area contributed by atoms with Gasteiger partial charge in [-0.2, -0.15) is 4.31 Å². The molecule has 1 heterocycles. The molecule has 1 amide bonds.